The van der Waals surface area contributed by atoms with E-state index in [1.165, 1.54) is 17.6 Å². The molecular formula is C5H14N2O2S. The van der Waals surface area contributed by atoms with Crippen LogP contribution in [0.2, 0.25) is 0 Å². The van der Waals surface area contributed by atoms with Gasteiger partial charge in [0.05, 0.1) is 6.26 Å². The molecule has 0 spiro atoms. The van der Waals surface area contributed by atoms with E-state index < -0.39 is 10.0 Å². The maximum absolute atomic E-state index is 10.8. The second kappa shape index (κ2) is 3.32. The normalized spacial score (nSPS) is 15.7. The van der Waals surface area contributed by atoms with Crippen LogP contribution in [0.3, 0.4) is 0 Å². The van der Waals surface area contributed by atoms with Crippen LogP contribution < -0.4 is 5.73 Å². The summed E-state index contributed by atoms with van der Waals surface area (Å²) in [6, 6.07) is -0.116. The van der Waals surface area contributed by atoms with Crippen molar-refractivity contribution in [3.8, 4) is 0 Å². The Morgan fingerprint density at radius 3 is 2.10 bits per heavy atom. The lowest BCUT2D eigenvalue weighted by molar-refractivity contribution is 0.398. The van der Waals surface area contributed by atoms with Gasteiger partial charge in [0.2, 0.25) is 10.0 Å². The minimum absolute atomic E-state index is 0.116. The average Bonchev–Trinajstić information content (AvgIpc) is 1.83. The zero-order chi connectivity index (χ0) is 8.36. The molecule has 0 bridgehead atoms. The van der Waals surface area contributed by atoms with E-state index in [1.54, 1.807) is 6.92 Å². The highest BCUT2D eigenvalue weighted by atomic mass is 32.2. The Bertz CT molecular complexity index is 188. The van der Waals surface area contributed by atoms with Crippen LogP contribution in [0.4, 0.5) is 0 Å². The summed E-state index contributed by atoms with van der Waals surface area (Å²) in [5.41, 5.74) is 5.26. The maximum Gasteiger partial charge on any atom is 0.211 e. The summed E-state index contributed by atoms with van der Waals surface area (Å²) in [5, 5.41) is 0. The Morgan fingerprint density at radius 1 is 1.60 bits per heavy atom. The lowest BCUT2D eigenvalue weighted by Gasteiger charge is -2.20. The molecule has 0 fully saturated rings. The SMILES string of the molecule is CC(CN)N(C)S(C)(=O)=O. The van der Waals surface area contributed by atoms with E-state index >= 15 is 0 Å². The third-order valence-electron chi connectivity index (χ3n) is 1.48. The molecule has 0 aromatic heterocycles. The van der Waals surface area contributed by atoms with Crippen molar-refractivity contribution in [2.24, 2.45) is 5.73 Å². The van der Waals surface area contributed by atoms with Gasteiger partial charge in [-0.15, -0.1) is 0 Å². The molecule has 0 aliphatic rings. The largest absolute Gasteiger partial charge is 0.329 e. The number of rotatable bonds is 3. The molecule has 1 atom stereocenters. The van der Waals surface area contributed by atoms with Crippen LogP contribution in [0.15, 0.2) is 0 Å². The lowest BCUT2D eigenvalue weighted by atomic mass is 10.4. The van der Waals surface area contributed by atoms with Crippen LogP contribution in [0.1, 0.15) is 6.92 Å². The zero-order valence-corrected chi connectivity index (χ0v) is 7.35. The summed E-state index contributed by atoms with van der Waals surface area (Å²) in [6.07, 6.45) is 1.17. The molecule has 0 amide bonds. The first kappa shape index (κ1) is 9.87. The van der Waals surface area contributed by atoms with Gasteiger partial charge < -0.3 is 5.73 Å². The van der Waals surface area contributed by atoms with E-state index in [-0.39, 0.29) is 6.04 Å². The van der Waals surface area contributed by atoms with Crippen LogP contribution in [0.5, 0.6) is 0 Å². The van der Waals surface area contributed by atoms with Gasteiger partial charge in [-0.1, -0.05) is 0 Å². The second-order valence-corrected chi connectivity index (χ2v) is 4.41. The minimum Gasteiger partial charge on any atom is -0.329 e. The van der Waals surface area contributed by atoms with Crippen LogP contribution in [0.25, 0.3) is 0 Å². The molecular weight excluding hydrogens is 152 g/mol. The standard InChI is InChI=1S/C5H14N2O2S/c1-5(4-6)7(2)10(3,8)9/h5H,4,6H2,1-3H3. The van der Waals surface area contributed by atoms with E-state index in [4.69, 9.17) is 5.73 Å². The Labute approximate surface area is 62.1 Å². The Kier molecular flexibility index (Phi) is 3.27. The van der Waals surface area contributed by atoms with Gasteiger partial charge >= 0.3 is 0 Å². The molecule has 62 valence electrons. The molecule has 5 heteroatoms. The zero-order valence-electron chi connectivity index (χ0n) is 6.53. The molecule has 0 rings (SSSR count). The van der Waals surface area contributed by atoms with Gasteiger partial charge in [-0.25, -0.2) is 12.7 Å². The predicted octanol–water partition coefficient (Wildman–Crippen LogP) is -0.775. The molecule has 10 heavy (non-hydrogen) atoms. The topological polar surface area (TPSA) is 63.4 Å². The van der Waals surface area contributed by atoms with Gasteiger partial charge in [-0.05, 0) is 6.92 Å². The highest BCUT2D eigenvalue weighted by Gasteiger charge is 2.15. The molecule has 0 aliphatic heterocycles. The predicted molar refractivity (Wildman–Crippen MR) is 41.1 cm³/mol. The summed E-state index contributed by atoms with van der Waals surface area (Å²) in [7, 11) is -1.54. The summed E-state index contributed by atoms with van der Waals surface area (Å²) < 4.78 is 22.9. The van der Waals surface area contributed by atoms with E-state index in [0.29, 0.717) is 6.54 Å². The second-order valence-electron chi connectivity index (χ2n) is 2.36. The van der Waals surface area contributed by atoms with Gasteiger partial charge in [-0.3, -0.25) is 0 Å². The molecule has 1 unspecified atom stereocenters. The van der Waals surface area contributed by atoms with Crippen LogP contribution in [-0.2, 0) is 10.0 Å². The van der Waals surface area contributed by atoms with E-state index in [0.717, 1.165) is 0 Å². The molecule has 0 saturated carbocycles. The fourth-order valence-electron chi connectivity index (χ4n) is 0.475. The fraction of sp³-hybridized carbons (Fsp3) is 1.00. The number of nitrogens with zero attached hydrogens (tertiary/aromatic N) is 1. The third kappa shape index (κ3) is 2.64. The van der Waals surface area contributed by atoms with Crippen molar-refractivity contribution in [3.05, 3.63) is 0 Å². The first-order valence-corrected chi connectivity index (χ1v) is 4.87. The Balaban J connectivity index is 4.23. The number of nitrogens with two attached hydrogens (primary N) is 1. The summed E-state index contributed by atoms with van der Waals surface area (Å²) in [4.78, 5) is 0. The molecule has 0 saturated heterocycles. The highest BCUT2D eigenvalue weighted by Crippen LogP contribution is 1.98. The van der Waals surface area contributed by atoms with Crippen molar-refractivity contribution >= 4 is 10.0 Å². The quantitative estimate of drug-likeness (QED) is 0.598. The number of sulfonamides is 1. The fourth-order valence-corrected chi connectivity index (χ4v) is 1.22. The van der Waals surface area contributed by atoms with Gasteiger partial charge in [0, 0.05) is 19.6 Å². The van der Waals surface area contributed by atoms with Gasteiger partial charge in [0.1, 0.15) is 0 Å². The average molecular weight is 166 g/mol. The maximum atomic E-state index is 10.8. The van der Waals surface area contributed by atoms with Gasteiger partial charge in [-0.2, -0.15) is 0 Å². The molecule has 0 radical (unpaired) electrons. The van der Waals surface area contributed by atoms with Gasteiger partial charge in [0.25, 0.3) is 0 Å². The first-order chi connectivity index (χ1) is 4.39. The van der Waals surface area contributed by atoms with Crippen LogP contribution in [-0.4, -0.2) is 38.6 Å². The highest BCUT2D eigenvalue weighted by molar-refractivity contribution is 7.88. The van der Waals surface area contributed by atoms with Crippen molar-refractivity contribution < 1.29 is 8.42 Å². The van der Waals surface area contributed by atoms with Crippen molar-refractivity contribution in [2.45, 2.75) is 13.0 Å². The van der Waals surface area contributed by atoms with Gasteiger partial charge in [0.15, 0.2) is 0 Å². The third-order valence-corrected chi connectivity index (χ3v) is 2.89. The molecule has 4 nitrogen and oxygen atoms in total. The summed E-state index contributed by atoms with van der Waals surface area (Å²) >= 11 is 0. The van der Waals surface area contributed by atoms with Crippen molar-refractivity contribution in [2.75, 3.05) is 19.8 Å². The van der Waals surface area contributed by atoms with E-state index in [2.05, 4.69) is 0 Å². The number of hydrogen-bond acceptors (Lipinski definition) is 3. The summed E-state index contributed by atoms with van der Waals surface area (Å²) in [6.45, 7) is 2.12. The molecule has 0 heterocycles. The number of likely N-dealkylation sites (N-methyl/N-ethyl adjacent to an activating group) is 1. The minimum atomic E-state index is -3.06. The van der Waals surface area contributed by atoms with Crippen molar-refractivity contribution in [1.82, 2.24) is 4.31 Å². The van der Waals surface area contributed by atoms with Crippen molar-refractivity contribution in [3.63, 3.8) is 0 Å². The summed E-state index contributed by atoms with van der Waals surface area (Å²) in [5.74, 6) is 0. The van der Waals surface area contributed by atoms with E-state index in [9.17, 15) is 8.42 Å². The van der Waals surface area contributed by atoms with Crippen molar-refractivity contribution in [1.29, 1.82) is 0 Å². The first-order valence-electron chi connectivity index (χ1n) is 3.02. The smallest absolute Gasteiger partial charge is 0.211 e. The Hall–Kier alpha value is -0.130. The molecule has 0 aromatic rings. The molecule has 0 aromatic carbocycles. The van der Waals surface area contributed by atoms with E-state index in [1.807, 2.05) is 0 Å². The Morgan fingerprint density at radius 2 is 2.00 bits per heavy atom. The lowest BCUT2D eigenvalue weighted by Crippen LogP contribution is -2.38. The monoisotopic (exact) mass is 166 g/mol. The van der Waals surface area contributed by atoms with Crippen LogP contribution >= 0.6 is 0 Å². The molecule has 2 N–H and O–H groups in total. The van der Waals surface area contributed by atoms with Crippen LogP contribution in [0, 0.1) is 0 Å². The molecule has 0 aliphatic carbocycles. The number of hydrogen-bond donors (Lipinski definition) is 1.